The number of rotatable bonds is 8. The van der Waals surface area contributed by atoms with Gasteiger partial charge in [0.15, 0.2) is 0 Å². The van der Waals surface area contributed by atoms with Gasteiger partial charge in [-0.25, -0.2) is 4.18 Å². The third-order valence-corrected chi connectivity index (χ3v) is 12.6. The van der Waals surface area contributed by atoms with Crippen molar-refractivity contribution in [3.63, 3.8) is 0 Å². The van der Waals surface area contributed by atoms with E-state index >= 15 is 0 Å². The highest BCUT2D eigenvalue weighted by Gasteiger charge is 2.68. The summed E-state index contributed by atoms with van der Waals surface area (Å²) in [7, 11) is -4.66. The molecule has 0 amide bonds. The predicted molar refractivity (Wildman–Crippen MR) is 141 cm³/mol. The highest BCUT2D eigenvalue weighted by Crippen LogP contribution is 2.69. The number of hydrogen-bond donors (Lipinski definition) is 6. The van der Waals surface area contributed by atoms with Crippen LogP contribution in [0.4, 0.5) is 0 Å². The van der Waals surface area contributed by atoms with Crippen LogP contribution in [-0.4, -0.2) is 74.6 Å². The standard InChI is InChI=1S/C28H50O9S/c1-16(2)27(32,15-37-38(34,35)36)11-6-17(3)21-13-22(30)24-19-12-23(31)28(33)14-18(29)7-10-26(28,5)20(19)8-9-25(21,24)4/h16-24,29-33H,6-15H2,1-5H3,(H,34,35,36). The molecule has 12 unspecified atom stereocenters. The Morgan fingerprint density at radius 1 is 1.05 bits per heavy atom. The fourth-order valence-electron chi connectivity index (χ4n) is 9.64. The van der Waals surface area contributed by atoms with Gasteiger partial charge >= 0.3 is 10.4 Å². The number of fused-ring (bicyclic) bond motifs is 5. The van der Waals surface area contributed by atoms with Crippen molar-refractivity contribution in [2.75, 3.05) is 6.61 Å². The van der Waals surface area contributed by atoms with Gasteiger partial charge in [-0.2, -0.15) is 8.42 Å². The molecule has 222 valence electrons. The van der Waals surface area contributed by atoms with Crippen molar-refractivity contribution < 1.29 is 42.7 Å². The number of hydrogen-bond acceptors (Lipinski definition) is 8. The first kappa shape index (κ1) is 30.6. The summed E-state index contributed by atoms with van der Waals surface area (Å²) in [4.78, 5) is 0. The highest BCUT2D eigenvalue weighted by atomic mass is 32.3. The van der Waals surface area contributed by atoms with Crippen molar-refractivity contribution in [1.29, 1.82) is 0 Å². The van der Waals surface area contributed by atoms with Gasteiger partial charge in [0.2, 0.25) is 0 Å². The molecular weight excluding hydrogens is 512 g/mol. The molecule has 10 heteroatoms. The van der Waals surface area contributed by atoms with E-state index < -0.39 is 51.9 Å². The second-order valence-electron chi connectivity index (χ2n) is 14.2. The van der Waals surface area contributed by atoms with Gasteiger partial charge in [-0.05, 0) is 92.3 Å². The summed E-state index contributed by atoms with van der Waals surface area (Å²) in [6, 6.07) is 0. The van der Waals surface area contributed by atoms with Gasteiger partial charge in [0.25, 0.3) is 0 Å². The van der Waals surface area contributed by atoms with Gasteiger partial charge in [-0.3, -0.25) is 4.55 Å². The molecule has 0 radical (unpaired) electrons. The summed E-state index contributed by atoms with van der Waals surface area (Å²) >= 11 is 0. The SMILES string of the molecule is CC(CCC(O)(COS(=O)(=O)O)C(C)C)C1CC(O)C2C3CC(O)C4(O)CC(O)CCC4(C)C3CCC12C. The second-order valence-corrected chi connectivity index (χ2v) is 15.3. The van der Waals surface area contributed by atoms with E-state index in [9.17, 15) is 34.0 Å². The molecule has 0 heterocycles. The smallest absolute Gasteiger partial charge is 0.393 e. The van der Waals surface area contributed by atoms with Crippen molar-refractivity contribution in [1.82, 2.24) is 0 Å². The maximum atomic E-state index is 11.7. The molecule has 0 spiro atoms. The largest absolute Gasteiger partial charge is 0.397 e. The van der Waals surface area contributed by atoms with E-state index in [1.807, 2.05) is 0 Å². The molecule has 4 aliphatic carbocycles. The van der Waals surface area contributed by atoms with Crippen molar-refractivity contribution in [3.05, 3.63) is 0 Å². The zero-order chi connectivity index (χ0) is 28.5. The van der Waals surface area contributed by atoms with Crippen LogP contribution in [0, 0.1) is 46.3 Å². The molecule has 0 aromatic carbocycles. The first-order valence-electron chi connectivity index (χ1n) is 14.5. The first-order valence-corrected chi connectivity index (χ1v) is 15.9. The molecule has 38 heavy (non-hydrogen) atoms. The summed E-state index contributed by atoms with van der Waals surface area (Å²) in [6.45, 7) is 9.51. The van der Waals surface area contributed by atoms with Crippen molar-refractivity contribution in [2.24, 2.45) is 46.3 Å². The van der Waals surface area contributed by atoms with E-state index in [-0.39, 0.29) is 47.3 Å². The zero-order valence-electron chi connectivity index (χ0n) is 23.6. The van der Waals surface area contributed by atoms with Gasteiger partial charge in [-0.1, -0.05) is 34.6 Å². The maximum Gasteiger partial charge on any atom is 0.397 e. The molecule has 0 saturated heterocycles. The van der Waals surface area contributed by atoms with Gasteiger partial charge in [0, 0.05) is 11.8 Å². The Morgan fingerprint density at radius 2 is 1.71 bits per heavy atom. The van der Waals surface area contributed by atoms with Crippen LogP contribution in [0.25, 0.3) is 0 Å². The molecule has 4 aliphatic rings. The van der Waals surface area contributed by atoms with Crippen molar-refractivity contribution in [2.45, 2.75) is 122 Å². The fraction of sp³-hybridized carbons (Fsp3) is 1.00. The average Bonchev–Trinajstić information content (AvgIpc) is 3.08. The van der Waals surface area contributed by atoms with Crippen LogP contribution in [0.5, 0.6) is 0 Å². The van der Waals surface area contributed by atoms with Crippen LogP contribution in [0.1, 0.15) is 92.4 Å². The summed E-state index contributed by atoms with van der Waals surface area (Å²) in [5, 5.41) is 55.8. The predicted octanol–water partition coefficient (Wildman–Crippen LogP) is 2.69. The van der Waals surface area contributed by atoms with E-state index in [1.54, 1.807) is 13.8 Å². The van der Waals surface area contributed by atoms with E-state index in [0.29, 0.717) is 38.5 Å². The van der Waals surface area contributed by atoms with E-state index in [1.165, 1.54) is 0 Å². The molecule has 12 atom stereocenters. The second kappa shape index (κ2) is 10.2. The molecule has 4 fully saturated rings. The zero-order valence-corrected chi connectivity index (χ0v) is 24.4. The highest BCUT2D eigenvalue weighted by molar-refractivity contribution is 7.80. The lowest BCUT2D eigenvalue weighted by Gasteiger charge is -2.65. The topological polar surface area (TPSA) is 165 Å². The Balaban J connectivity index is 1.52. The normalized spacial score (nSPS) is 47.6. The summed E-state index contributed by atoms with van der Waals surface area (Å²) < 4.78 is 35.8. The Bertz CT molecular complexity index is 973. The van der Waals surface area contributed by atoms with Crippen LogP contribution in [-0.2, 0) is 14.6 Å². The van der Waals surface area contributed by atoms with Gasteiger partial charge < -0.3 is 25.5 Å². The van der Waals surface area contributed by atoms with Gasteiger partial charge in [0.1, 0.15) is 0 Å². The molecule has 0 aliphatic heterocycles. The monoisotopic (exact) mass is 562 g/mol. The molecule has 9 nitrogen and oxygen atoms in total. The molecule has 0 aromatic heterocycles. The molecular formula is C28H50O9S. The minimum atomic E-state index is -4.66. The third kappa shape index (κ3) is 4.99. The Morgan fingerprint density at radius 3 is 2.32 bits per heavy atom. The summed E-state index contributed by atoms with van der Waals surface area (Å²) in [6.07, 6.45) is 3.12. The van der Waals surface area contributed by atoms with Crippen molar-refractivity contribution in [3.8, 4) is 0 Å². The minimum Gasteiger partial charge on any atom is -0.393 e. The van der Waals surface area contributed by atoms with Crippen molar-refractivity contribution >= 4 is 10.4 Å². The van der Waals surface area contributed by atoms with E-state index in [2.05, 4.69) is 25.0 Å². The third-order valence-electron chi connectivity index (χ3n) is 12.1. The van der Waals surface area contributed by atoms with Gasteiger partial charge in [0.05, 0.1) is 36.1 Å². The maximum absolute atomic E-state index is 11.7. The lowest BCUT2D eigenvalue weighted by molar-refractivity contribution is -0.268. The minimum absolute atomic E-state index is 0.0107. The Kier molecular flexibility index (Phi) is 8.21. The Hall–Kier alpha value is -0.330. The molecule has 4 saturated carbocycles. The molecule has 0 bridgehead atoms. The van der Waals surface area contributed by atoms with Crippen LogP contribution in [0.3, 0.4) is 0 Å². The first-order chi connectivity index (χ1) is 17.4. The van der Waals surface area contributed by atoms with Crippen LogP contribution < -0.4 is 0 Å². The fourth-order valence-corrected chi connectivity index (χ4v) is 9.99. The summed E-state index contributed by atoms with van der Waals surface area (Å²) in [5.41, 5.74) is -3.42. The lowest BCUT2D eigenvalue weighted by Crippen LogP contribution is -2.69. The van der Waals surface area contributed by atoms with Gasteiger partial charge in [-0.15, -0.1) is 0 Å². The quantitative estimate of drug-likeness (QED) is 0.244. The van der Waals surface area contributed by atoms with E-state index in [0.717, 1.165) is 12.8 Å². The number of aliphatic hydroxyl groups excluding tert-OH is 3. The van der Waals surface area contributed by atoms with E-state index in [4.69, 9.17) is 4.55 Å². The Labute approximate surface area is 227 Å². The molecule has 4 rings (SSSR count). The summed E-state index contributed by atoms with van der Waals surface area (Å²) in [5.74, 6) is 0.255. The van der Waals surface area contributed by atoms with Crippen LogP contribution >= 0.6 is 0 Å². The van der Waals surface area contributed by atoms with Crippen LogP contribution in [0.15, 0.2) is 0 Å². The lowest BCUT2D eigenvalue weighted by atomic mass is 9.42. The molecule has 0 aromatic rings. The molecule has 6 N–H and O–H groups in total. The average molecular weight is 563 g/mol. The van der Waals surface area contributed by atoms with Crippen LogP contribution in [0.2, 0.25) is 0 Å². The number of aliphatic hydroxyl groups is 5.